The quantitative estimate of drug-likeness (QED) is 0.840. The van der Waals surface area contributed by atoms with Gasteiger partial charge in [0.15, 0.2) is 0 Å². The van der Waals surface area contributed by atoms with Crippen LogP contribution in [0.2, 0.25) is 0 Å². The maximum atomic E-state index is 10.1. The van der Waals surface area contributed by atoms with E-state index in [1.807, 2.05) is 24.3 Å². The number of alkyl halides is 3. The molecule has 0 heterocycles. The van der Waals surface area contributed by atoms with Crippen molar-refractivity contribution in [2.24, 2.45) is 0 Å². The van der Waals surface area contributed by atoms with Crippen LogP contribution in [0, 0.1) is 0 Å². The fourth-order valence-electron chi connectivity index (χ4n) is 1.89. The first kappa shape index (κ1) is 13.8. The second-order valence-corrected chi connectivity index (χ2v) is 6.22. The highest BCUT2D eigenvalue weighted by atomic mass is 35.6. The van der Waals surface area contributed by atoms with Crippen LogP contribution in [0.4, 0.5) is 0 Å². The lowest BCUT2D eigenvalue weighted by molar-refractivity contribution is 0.184. The fraction of sp³-hybridized carbons (Fsp3) is 0.231. The highest BCUT2D eigenvalue weighted by Crippen LogP contribution is 2.43. The van der Waals surface area contributed by atoms with E-state index in [1.54, 1.807) is 19.2 Å². The van der Waals surface area contributed by atoms with Gasteiger partial charge in [0.05, 0.1) is 7.11 Å². The Labute approximate surface area is 120 Å². The summed E-state index contributed by atoms with van der Waals surface area (Å²) in [7, 11) is 1.59. The van der Waals surface area contributed by atoms with E-state index >= 15 is 0 Å². The van der Waals surface area contributed by atoms with Crippen LogP contribution in [0.3, 0.4) is 0 Å². The lowest BCUT2D eigenvalue weighted by atomic mass is 10.0. The molecule has 0 amide bonds. The molecule has 18 heavy (non-hydrogen) atoms. The van der Waals surface area contributed by atoms with Gasteiger partial charge in [-0.25, -0.2) is 0 Å². The van der Waals surface area contributed by atoms with E-state index in [9.17, 15) is 5.11 Å². The molecule has 0 aliphatic carbocycles. The number of hydrogen-bond acceptors (Lipinski definition) is 2. The van der Waals surface area contributed by atoms with Crippen molar-refractivity contribution in [2.75, 3.05) is 7.11 Å². The zero-order valence-corrected chi connectivity index (χ0v) is 11.8. The van der Waals surface area contributed by atoms with Crippen molar-refractivity contribution in [3.05, 3.63) is 42.0 Å². The SMILES string of the molecule is COc1ccc(C(O)C(Cl)(Cl)Cl)c2ccccc12. The summed E-state index contributed by atoms with van der Waals surface area (Å²) in [5, 5.41) is 11.8. The first-order chi connectivity index (χ1) is 8.45. The number of methoxy groups -OCH3 is 1. The zero-order chi connectivity index (χ0) is 13.3. The van der Waals surface area contributed by atoms with E-state index in [4.69, 9.17) is 39.5 Å². The molecule has 0 saturated heterocycles. The standard InChI is InChI=1S/C13H11Cl3O2/c1-18-11-7-6-10(12(17)13(14,15)16)8-4-2-3-5-9(8)11/h2-7,12,17H,1H3. The molecule has 0 fully saturated rings. The molecule has 2 rings (SSSR count). The topological polar surface area (TPSA) is 29.5 Å². The fourth-order valence-corrected chi connectivity index (χ4v) is 2.24. The average Bonchev–Trinajstić information content (AvgIpc) is 2.35. The van der Waals surface area contributed by atoms with Gasteiger partial charge in [-0.3, -0.25) is 0 Å². The van der Waals surface area contributed by atoms with E-state index in [0.717, 1.165) is 10.8 Å². The number of ether oxygens (including phenoxy) is 1. The van der Waals surface area contributed by atoms with Crippen LogP contribution >= 0.6 is 34.8 Å². The predicted octanol–water partition coefficient (Wildman–Crippen LogP) is 4.25. The number of aliphatic hydroxyl groups excluding tert-OH is 1. The molecule has 0 aliphatic heterocycles. The van der Waals surface area contributed by atoms with Crippen LogP contribution in [0.1, 0.15) is 11.7 Å². The molecular weight excluding hydrogens is 295 g/mol. The Morgan fingerprint density at radius 3 is 2.22 bits per heavy atom. The number of halogens is 3. The first-order valence-electron chi connectivity index (χ1n) is 5.25. The second-order valence-electron chi connectivity index (χ2n) is 3.85. The summed E-state index contributed by atoms with van der Waals surface area (Å²) in [4.78, 5) is 0. The maximum absolute atomic E-state index is 10.1. The van der Waals surface area contributed by atoms with Crippen LogP contribution in [0.15, 0.2) is 36.4 Å². The highest BCUT2D eigenvalue weighted by molar-refractivity contribution is 6.68. The van der Waals surface area contributed by atoms with Crippen molar-refractivity contribution in [3.63, 3.8) is 0 Å². The molecule has 0 saturated carbocycles. The van der Waals surface area contributed by atoms with Crippen molar-refractivity contribution < 1.29 is 9.84 Å². The van der Waals surface area contributed by atoms with Gasteiger partial charge >= 0.3 is 0 Å². The molecule has 2 aromatic rings. The number of hydrogen-bond donors (Lipinski definition) is 1. The van der Waals surface area contributed by atoms with Gasteiger partial charge in [0, 0.05) is 5.39 Å². The molecule has 0 radical (unpaired) electrons. The zero-order valence-electron chi connectivity index (χ0n) is 9.53. The number of fused-ring (bicyclic) bond motifs is 1. The summed E-state index contributed by atoms with van der Waals surface area (Å²) in [5.41, 5.74) is 0.561. The third-order valence-electron chi connectivity index (χ3n) is 2.74. The molecule has 0 bridgehead atoms. The smallest absolute Gasteiger partial charge is 0.220 e. The summed E-state index contributed by atoms with van der Waals surface area (Å²) in [6, 6.07) is 10.9. The molecule has 5 heteroatoms. The van der Waals surface area contributed by atoms with Gasteiger partial charge in [-0.2, -0.15) is 0 Å². The largest absolute Gasteiger partial charge is 0.496 e. The monoisotopic (exact) mass is 304 g/mol. The van der Waals surface area contributed by atoms with Crippen molar-refractivity contribution in [2.45, 2.75) is 9.90 Å². The Hall–Kier alpha value is -0.670. The molecular formula is C13H11Cl3O2. The third-order valence-corrected chi connectivity index (χ3v) is 3.36. The van der Waals surface area contributed by atoms with Crippen LogP contribution < -0.4 is 4.74 Å². The number of rotatable bonds is 2. The van der Waals surface area contributed by atoms with Crippen molar-refractivity contribution in [1.82, 2.24) is 0 Å². The van der Waals surface area contributed by atoms with Gasteiger partial charge in [-0.1, -0.05) is 65.1 Å². The second kappa shape index (κ2) is 5.14. The highest BCUT2D eigenvalue weighted by Gasteiger charge is 2.33. The normalized spacial score (nSPS) is 13.6. The Kier molecular flexibility index (Phi) is 3.93. The molecule has 1 N–H and O–H groups in total. The van der Waals surface area contributed by atoms with Gasteiger partial charge in [-0.15, -0.1) is 0 Å². The summed E-state index contributed by atoms with van der Waals surface area (Å²) in [6.07, 6.45) is -1.20. The lowest BCUT2D eigenvalue weighted by Gasteiger charge is -2.21. The van der Waals surface area contributed by atoms with Crippen molar-refractivity contribution in [1.29, 1.82) is 0 Å². The van der Waals surface area contributed by atoms with Crippen LogP contribution in [0.5, 0.6) is 5.75 Å². The minimum atomic E-state index is -1.77. The first-order valence-corrected chi connectivity index (χ1v) is 6.39. The number of aliphatic hydroxyl groups is 1. The molecule has 96 valence electrons. The van der Waals surface area contributed by atoms with Crippen LogP contribution in [-0.2, 0) is 0 Å². The van der Waals surface area contributed by atoms with Gasteiger partial charge < -0.3 is 9.84 Å². The van der Waals surface area contributed by atoms with E-state index in [0.29, 0.717) is 11.3 Å². The summed E-state index contributed by atoms with van der Waals surface area (Å²) >= 11 is 17.2. The minimum Gasteiger partial charge on any atom is -0.496 e. The van der Waals surface area contributed by atoms with Gasteiger partial charge in [0.2, 0.25) is 3.79 Å². The predicted molar refractivity (Wildman–Crippen MR) is 75.7 cm³/mol. The third kappa shape index (κ3) is 2.52. The van der Waals surface area contributed by atoms with Crippen molar-refractivity contribution >= 4 is 45.6 Å². The molecule has 2 aromatic carbocycles. The maximum Gasteiger partial charge on any atom is 0.220 e. The summed E-state index contributed by atoms with van der Waals surface area (Å²) in [5.74, 6) is 0.714. The molecule has 0 aliphatic rings. The van der Waals surface area contributed by atoms with E-state index in [-0.39, 0.29) is 0 Å². The van der Waals surface area contributed by atoms with Crippen LogP contribution in [-0.4, -0.2) is 16.0 Å². The van der Waals surface area contributed by atoms with E-state index in [1.165, 1.54) is 0 Å². The Bertz CT molecular complexity index is 564. The summed E-state index contributed by atoms with van der Waals surface area (Å²) < 4.78 is 3.50. The Morgan fingerprint density at radius 1 is 1.06 bits per heavy atom. The molecule has 1 unspecified atom stereocenters. The van der Waals surface area contributed by atoms with Gasteiger partial charge in [0.1, 0.15) is 11.9 Å². The summed E-state index contributed by atoms with van der Waals surface area (Å²) in [6.45, 7) is 0. The molecule has 2 nitrogen and oxygen atoms in total. The number of benzene rings is 2. The molecule has 0 aromatic heterocycles. The van der Waals surface area contributed by atoms with Crippen LogP contribution in [0.25, 0.3) is 10.8 Å². The average molecular weight is 306 g/mol. The molecule has 1 atom stereocenters. The van der Waals surface area contributed by atoms with Gasteiger partial charge in [-0.05, 0) is 17.0 Å². The van der Waals surface area contributed by atoms with E-state index in [2.05, 4.69) is 0 Å². The van der Waals surface area contributed by atoms with Crippen molar-refractivity contribution in [3.8, 4) is 5.75 Å². The van der Waals surface area contributed by atoms with E-state index < -0.39 is 9.90 Å². The minimum absolute atomic E-state index is 0.561. The Morgan fingerprint density at radius 2 is 1.67 bits per heavy atom. The van der Waals surface area contributed by atoms with Gasteiger partial charge in [0.25, 0.3) is 0 Å². The Balaban J connectivity index is 2.67. The molecule has 0 spiro atoms. The lowest BCUT2D eigenvalue weighted by Crippen LogP contribution is -2.16.